The Morgan fingerprint density at radius 2 is 1.94 bits per heavy atom. The van der Waals surface area contributed by atoms with Crippen LogP contribution in [0.15, 0.2) is 24.3 Å². The van der Waals surface area contributed by atoms with Crippen molar-refractivity contribution in [2.45, 2.75) is 20.3 Å². The van der Waals surface area contributed by atoms with Gasteiger partial charge in [-0.3, -0.25) is 4.79 Å². The summed E-state index contributed by atoms with van der Waals surface area (Å²) in [7, 11) is 1.65. The van der Waals surface area contributed by atoms with Crippen LogP contribution in [0, 0.1) is 5.92 Å². The Bertz CT molecular complexity index is 343. The number of rotatable bonds is 7. The SMILES string of the molecule is CCOc1ccc(C(=O)CC(C)COC)cc1. The van der Waals surface area contributed by atoms with Gasteiger partial charge in [-0.05, 0) is 37.1 Å². The van der Waals surface area contributed by atoms with Crippen molar-refractivity contribution in [1.29, 1.82) is 0 Å². The van der Waals surface area contributed by atoms with Gasteiger partial charge >= 0.3 is 0 Å². The smallest absolute Gasteiger partial charge is 0.163 e. The van der Waals surface area contributed by atoms with Crippen molar-refractivity contribution in [3.63, 3.8) is 0 Å². The second kappa shape index (κ2) is 7.07. The molecule has 0 spiro atoms. The van der Waals surface area contributed by atoms with Gasteiger partial charge in [0.25, 0.3) is 0 Å². The van der Waals surface area contributed by atoms with Crippen LogP contribution in [0.5, 0.6) is 5.75 Å². The van der Waals surface area contributed by atoms with Crippen LogP contribution in [0.3, 0.4) is 0 Å². The summed E-state index contributed by atoms with van der Waals surface area (Å²) in [6.07, 6.45) is 0.516. The van der Waals surface area contributed by atoms with E-state index in [0.717, 1.165) is 11.3 Å². The lowest BCUT2D eigenvalue weighted by Gasteiger charge is -2.09. The van der Waals surface area contributed by atoms with Crippen molar-refractivity contribution in [2.24, 2.45) is 5.92 Å². The van der Waals surface area contributed by atoms with Crippen molar-refractivity contribution < 1.29 is 14.3 Å². The van der Waals surface area contributed by atoms with E-state index < -0.39 is 0 Å². The number of ether oxygens (including phenoxy) is 2. The first kappa shape index (κ1) is 13.7. The van der Waals surface area contributed by atoms with Crippen LogP contribution in [0.1, 0.15) is 30.6 Å². The van der Waals surface area contributed by atoms with Gasteiger partial charge < -0.3 is 9.47 Å². The number of hydrogen-bond acceptors (Lipinski definition) is 3. The normalized spacial score (nSPS) is 12.2. The highest BCUT2D eigenvalue weighted by Gasteiger charge is 2.11. The molecule has 0 aliphatic rings. The molecule has 3 nitrogen and oxygen atoms in total. The van der Waals surface area contributed by atoms with Crippen molar-refractivity contribution >= 4 is 5.78 Å². The quantitative estimate of drug-likeness (QED) is 0.683. The second-order valence-corrected chi connectivity index (χ2v) is 4.15. The fourth-order valence-corrected chi connectivity index (χ4v) is 1.68. The summed E-state index contributed by atoms with van der Waals surface area (Å²) in [6, 6.07) is 7.29. The zero-order valence-corrected chi connectivity index (χ0v) is 10.7. The van der Waals surface area contributed by atoms with Crippen LogP contribution in [0.25, 0.3) is 0 Å². The Balaban J connectivity index is 2.57. The number of carbonyl (C=O) groups excluding carboxylic acids is 1. The van der Waals surface area contributed by atoms with Gasteiger partial charge in [0, 0.05) is 25.7 Å². The van der Waals surface area contributed by atoms with Crippen LogP contribution in [0.2, 0.25) is 0 Å². The summed E-state index contributed by atoms with van der Waals surface area (Å²) in [6.45, 7) is 5.20. The highest BCUT2D eigenvalue weighted by molar-refractivity contribution is 5.96. The molecule has 0 N–H and O–H groups in total. The standard InChI is InChI=1S/C14H20O3/c1-4-17-13-7-5-12(6-8-13)14(15)9-11(2)10-16-3/h5-8,11H,4,9-10H2,1-3H3. The Morgan fingerprint density at radius 1 is 1.29 bits per heavy atom. The van der Waals surface area contributed by atoms with Crippen LogP contribution in [-0.2, 0) is 4.74 Å². The molecule has 0 amide bonds. The molecule has 0 saturated heterocycles. The van der Waals surface area contributed by atoms with Crippen LogP contribution < -0.4 is 4.74 Å². The lowest BCUT2D eigenvalue weighted by Crippen LogP contribution is -2.10. The largest absolute Gasteiger partial charge is 0.494 e. The Kier molecular flexibility index (Phi) is 5.70. The fraction of sp³-hybridized carbons (Fsp3) is 0.500. The molecule has 0 aliphatic heterocycles. The minimum absolute atomic E-state index is 0.151. The summed E-state index contributed by atoms with van der Waals surface area (Å²) in [5.74, 6) is 1.20. The van der Waals surface area contributed by atoms with Gasteiger partial charge in [-0.25, -0.2) is 0 Å². The molecule has 0 bridgehead atoms. The van der Waals surface area contributed by atoms with Gasteiger partial charge in [-0.2, -0.15) is 0 Å². The van der Waals surface area contributed by atoms with Crippen molar-refractivity contribution in [3.8, 4) is 5.75 Å². The first-order valence-electron chi connectivity index (χ1n) is 5.92. The molecule has 1 rings (SSSR count). The molecule has 0 fully saturated rings. The predicted molar refractivity (Wildman–Crippen MR) is 67.6 cm³/mol. The number of carbonyl (C=O) groups is 1. The van der Waals surface area contributed by atoms with Crippen molar-refractivity contribution in [1.82, 2.24) is 0 Å². The molecule has 0 heterocycles. The van der Waals surface area contributed by atoms with Gasteiger partial charge in [0.15, 0.2) is 5.78 Å². The maximum absolute atomic E-state index is 11.9. The molecule has 3 heteroatoms. The number of Topliss-reactive ketones (excluding diaryl/α,β-unsaturated/α-hetero) is 1. The number of ketones is 1. The molecule has 1 aromatic carbocycles. The minimum atomic E-state index is 0.151. The Morgan fingerprint density at radius 3 is 2.47 bits per heavy atom. The third-order valence-corrected chi connectivity index (χ3v) is 2.47. The van der Waals surface area contributed by atoms with Gasteiger partial charge in [-0.1, -0.05) is 6.92 Å². The lowest BCUT2D eigenvalue weighted by molar-refractivity contribution is 0.0920. The monoisotopic (exact) mass is 236 g/mol. The van der Waals surface area contributed by atoms with Gasteiger partial charge in [0.2, 0.25) is 0 Å². The molecule has 0 aromatic heterocycles. The van der Waals surface area contributed by atoms with Crippen molar-refractivity contribution in [2.75, 3.05) is 20.3 Å². The third kappa shape index (κ3) is 4.57. The van der Waals surface area contributed by atoms with E-state index in [9.17, 15) is 4.79 Å². The zero-order valence-electron chi connectivity index (χ0n) is 10.7. The van der Waals surface area contributed by atoms with Crippen LogP contribution in [0.4, 0.5) is 0 Å². The second-order valence-electron chi connectivity index (χ2n) is 4.15. The maximum atomic E-state index is 11.9. The summed E-state index contributed by atoms with van der Waals surface area (Å²) in [5, 5.41) is 0. The minimum Gasteiger partial charge on any atom is -0.494 e. The molecular formula is C14H20O3. The topological polar surface area (TPSA) is 35.5 Å². The Hall–Kier alpha value is -1.35. The van der Waals surface area contributed by atoms with E-state index in [1.807, 2.05) is 38.1 Å². The molecule has 0 saturated carbocycles. The molecule has 0 aliphatic carbocycles. The van der Waals surface area contributed by atoms with Crippen molar-refractivity contribution in [3.05, 3.63) is 29.8 Å². The van der Waals surface area contributed by atoms with Crippen LogP contribution >= 0.6 is 0 Å². The lowest BCUT2D eigenvalue weighted by atomic mass is 10.0. The van der Waals surface area contributed by atoms with E-state index in [-0.39, 0.29) is 11.7 Å². The van der Waals surface area contributed by atoms with E-state index in [2.05, 4.69) is 0 Å². The maximum Gasteiger partial charge on any atom is 0.163 e. The van der Waals surface area contributed by atoms with E-state index >= 15 is 0 Å². The highest BCUT2D eigenvalue weighted by atomic mass is 16.5. The Labute approximate surface area is 103 Å². The predicted octanol–water partition coefficient (Wildman–Crippen LogP) is 2.94. The van der Waals surface area contributed by atoms with Gasteiger partial charge in [0.1, 0.15) is 5.75 Å². The molecule has 1 atom stereocenters. The fourth-order valence-electron chi connectivity index (χ4n) is 1.68. The molecule has 1 unspecified atom stereocenters. The number of hydrogen-bond donors (Lipinski definition) is 0. The molecule has 94 valence electrons. The van der Waals surface area contributed by atoms with Gasteiger partial charge in [-0.15, -0.1) is 0 Å². The number of benzene rings is 1. The summed E-state index contributed by atoms with van der Waals surface area (Å²) >= 11 is 0. The third-order valence-electron chi connectivity index (χ3n) is 2.47. The van der Waals surface area contributed by atoms with Crippen LogP contribution in [-0.4, -0.2) is 26.1 Å². The van der Waals surface area contributed by atoms with E-state index in [4.69, 9.17) is 9.47 Å². The first-order chi connectivity index (χ1) is 8.17. The average Bonchev–Trinajstić information content (AvgIpc) is 2.30. The molecular weight excluding hydrogens is 216 g/mol. The molecule has 0 radical (unpaired) electrons. The molecule has 17 heavy (non-hydrogen) atoms. The average molecular weight is 236 g/mol. The summed E-state index contributed by atoms with van der Waals surface area (Å²) < 4.78 is 10.3. The first-order valence-corrected chi connectivity index (χ1v) is 5.92. The van der Waals surface area contributed by atoms with E-state index in [1.165, 1.54) is 0 Å². The zero-order chi connectivity index (χ0) is 12.7. The van der Waals surface area contributed by atoms with Gasteiger partial charge in [0.05, 0.1) is 6.61 Å². The van der Waals surface area contributed by atoms with E-state index in [1.54, 1.807) is 7.11 Å². The van der Waals surface area contributed by atoms with E-state index in [0.29, 0.717) is 19.6 Å². The highest BCUT2D eigenvalue weighted by Crippen LogP contribution is 2.15. The summed E-state index contributed by atoms with van der Waals surface area (Å²) in [5.41, 5.74) is 0.733. The number of methoxy groups -OCH3 is 1. The molecule has 1 aromatic rings. The summed E-state index contributed by atoms with van der Waals surface area (Å²) in [4.78, 5) is 11.9.